The van der Waals surface area contributed by atoms with E-state index in [-0.39, 0.29) is 24.0 Å². The Morgan fingerprint density at radius 2 is 2.19 bits per heavy atom. The minimum Gasteiger partial charge on any atom is -0.326 e. The molecule has 2 fully saturated rings. The Bertz CT molecular complexity index is 772. The van der Waals surface area contributed by atoms with E-state index in [1.165, 1.54) is 10.7 Å². The zero-order valence-corrected chi connectivity index (χ0v) is 15.1. The number of carbonyl (C=O) groups excluding carboxylic acids is 1. The van der Waals surface area contributed by atoms with E-state index >= 15 is 0 Å². The highest BCUT2D eigenvalue weighted by atomic mass is 35.5. The summed E-state index contributed by atoms with van der Waals surface area (Å²) in [6.07, 6.45) is 4.50. The maximum Gasteiger partial charge on any atom is 0.224 e. The average Bonchev–Trinajstić information content (AvgIpc) is 3.11. The number of benzene rings is 1. The molecule has 1 saturated carbocycles. The van der Waals surface area contributed by atoms with E-state index in [1.807, 2.05) is 0 Å². The van der Waals surface area contributed by atoms with Crippen LogP contribution in [0.4, 0.5) is 10.1 Å². The zero-order chi connectivity index (χ0) is 17.2. The molecule has 0 spiro atoms. The third-order valence-corrected chi connectivity index (χ3v) is 4.84. The lowest BCUT2D eigenvalue weighted by atomic mass is 10.0. The van der Waals surface area contributed by atoms with Gasteiger partial charge in [-0.05, 0) is 73.3 Å². The fourth-order valence-electron chi connectivity index (χ4n) is 3.23. The summed E-state index contributed by atoms with van der Waals surface area (Å²) in [7, 11) is 0. The highest BCUT2D eigenvalue weighted by molar-refractivity contribution is 5.91. The molecule has 1 aliphatic heterocycles. The lowest BCUT2D eigenvalue weighted by Crippen LogP contribution is -2.15. The van der Waals surface area contributed by atoms with Crippen molar-refractivity contribution in [3.05, 3.63) is 29.8 Å². The number of carbonyl (C=O) groups is 1. The Kier molecular flexibility index (Phi) is 5.83. The van der Waals surface area contributed by atoms with Crippen LogP contribution >= 0.6 is 12.4 Å². The van der Waals surface area contributed by atoms with Gasteiger partial charge >= 0.3 is 0 Å². The molecule has 4 rings (SSSR count). The fraction of sp³-hybridized carbons (Fsp3) is 0.529. The Labute approximate surface area is 157 Å². The van der Waals surface area contributed by atoms with Crippen molar-refractivity contribution in [2.45, 2.75) is 38.0 Å². The van der Waals surface area contributed by atoms with Gasteiger partial charge in [0.2, 0.25) is 5.91 Å². The van der Waals surface area contributed by atoms with E-state index in [9.17, 15) is 9.18 Å². The third kappa shape index (κ3) is 4.19. The summed E-state index contributed by atoms with van der Waals surface area (Å²) in [4.78, 5) is 12.2. The van der Waals surface area contributed by atoms with E-state index in [2.05, 4.69) is 26.2 Å². The first kappa shape index (κ1) is 18.7. The number of hydrogen-bond donors (Lipinski definition) is 2. The summed E-state index contributed by atoms with van der Waals surface area (Å²) < 4.78 is 15.7. The normalized spacial score (nSPS) is 19.2. The van der Waals surface area contributed by atoms with Crippen molar-refractivity contribution in [1.82, 2.24) is 25.5 Å². The molecule has 2 heterocycles. The molecule has 7 nitrogen and oxygen atoms in total. The number of anilines is 1. The van der Waals surface area contributed by atoms with Crippen molar-refractivity contribution in [2.24, 2.45) is 5.92 Å². The van der Waals surface area contributed by atoms with Crippen LogP contribution in [0.3, 0.4) is 0 Å². The number of nitrogens with zero attached hydrogens (tertiary/aromatic N) is 4. The zero-order valence-electron chi connectivity index (χ0n) is 14.3. The van der Waals surface area contributed by atoms with Crippen LogP contribution in [0.1, 0.15) is 43.8 Å². The van der Waals surface area contributed by atoms with Gasteiger partial charge in [0.15, 0.2) is 5.82 Å². The SMILES string of the molecule is Cl.O=C(CCC1CCNC1)Nc1ccc(F)c(-n2nnnc2C2CC2)c1. The maximum absolute atomic E-state index is 14.3. The average molecular weight is 381 g/mol. The van der Waals surface area contributed by atoms with Crippen molar-refractivity contribution in [2.75, 3.05) is 18.4 Å². The van der Waals surface area contributed by atoms with Crippen LogP contribution in [0.25, 0.3) is 5.69 Å². The van der Waals surface area contributed by atoms with Gasteiger partial charge in [-0.2, -0.15) is 4.68 Å². The van der Waals surface area contributed by atoms with Crippen LogP contribution in [0.2, 0.25) is 0 Å². The molecule has 1 aromatic heterocycles. The minimum absolute atomic E-state index is 0. The second-order valence-corrected chi connectivity index (χ2v) is 6.84. The lowest BCUT2D eigenvalue weighted by Gasteiger charge is -2.11. The maximum atomic E-state index is 14.3. The third-order valence-electron chi connectivity index (χ3n) is 4.84. The predicted molar refractivity (Wildman–Crippen MR) is 97.2 cm³/mol. The van der Waals surface area contributed by atoms with Crippen molar-refractivity contribution < 1.29 is 9.18 Å². The summed E-state index contributed by atoms with van der Waals surface area (Å²) in [6, 6.07) is 4.49. The molecule has 140 valence electrons. The molecule has 1 unspecified atom stereocenters. The fourth-order valence-corrected chi connectivity index (χ4v) is 3.23. The van der Waals surface area contributed by atoms with Crippen LogP contribution in [-0.2, 0) is 4.79 Å². The van der Waals surface area contributed by atoms with Crippen LogP contribution in [0.5, 0.6) is 0 Å². The van der Waals surface area contributed by atoms with Gasteiger partial charge in [0.1, 0.15) is 11.5 Å². The van der Waals surface area contributed by atoms with Gasteiger partial charge < -0.3 is 10.6 Å². The summed E-state index contributed by atoms with van der Waals surface area (Å²) >= 11 is 0. The predicted octanol–water partition coefficient (Wildman–Crippen LogP) is 2.43. The Morgan fingerprint density at radius 1 is 1.35 bits per heavy atom. The van der Waals surface area contributed by atoms with Crippen LogP contribution in [0.15, 0.2) is 18.2 Å². The first-order valence-corrected chi connectivity index (χ1v) is 8.79. The number of nitrogens with one attached hydrogen (secondary N) is 2. The Hall–Kier alpha value is -2.06. The molecule has 26 heavy (non-hydrogen) atoms. The summed E-state index contributed by atoms with van der Waals surface area (Å²) in [5, 5.41) is 17.7. The van der Waals surface area contributed by atoms with E-state index in [4.69, 9.17) is 0 Å². The van der Waals surface area contributed by atoms with Gasteiger partial charge in [-0.25, -0.2) is 4.39 Å². The number of hydrogen-bond acceptors (Lipinski definition) is 5. The van der Waals surface area contributed by atoms with Crippen molar-refractivity contribution in [3.63, 3.8) is 0 Å². The number of aromatic nitrogens is 4. The second-order valence-electron chi connectivity index (χ2n) is 6.84. The van der Waals surface area contributed by atoms with Gasteiger partial charge in [-0.1, -0.05) is 0 Å². The van der Waals surface area contributed by atoms with Gasteiger partial charge in [0.05, 0.1) is 0 Å². The number of halogens is 2. The summed E-state index contributed by atoms with van der Waals surface area (Å²) in [5.74, 6) is 1.08. The van der Waals surface area contributed by atoms with Crippen LogP contribution in [-0.4, -0.2) is 39.2 Å². The number of rotatable bonds is 6. The lowest BCUT2D eigenvalue weighted by molar-refractivity contribution is -0.116. The largest absolute Gasteiger partial charge is 0.326 e. The van der Waals surface area contributed by atoms with Crippen molar-refractivity contribution in [1.29, 1.82) is 0 Å². The van der Waals surface area contributed by atoms with Gasteiger partial charge in [-0.15, -0.1) is 17.5 Å². The first-order chi connectivity index (χ1) is 12.2. The molecule has 2 N–H and O–H groups in total. The van der Waals surface area contributed by atoms with Gasteiger partial charge in [0.25, 0.3) is 0 Å². The van der Waals surface area contributed by atoms with Gasteiger partial charge in [-0.3, -0.25) is 4.79 Å². The Morgan fingerprint density at radius 3 is 2.92 bits per heavy atom. The quantitative estimate of drug-likeness (QED) is 0.804. The minimum atomic E-state index is -0.413. The molecule has 9 heteroatoms. The van der Waals surface area contributed by atoms with Crippen LogP contribution < -0.4 is 10.6 Å². The highest BCUT2D eigenvalue weighted by Gasteiger charge is 2.30. The summed E-state index contributed by atoms with van der Waals surface area (Å²) in [6.45, 7) is 2.01. The smallest absolute Gasteiger partial charge is 0.224 e. The highest BCUT2D eigenvalue weighted by Crippen LogP contribution is 2.39. The molecule has 2 aromatic rings. The number of tetrazole rings is 1. The molecule has 2 aliphatic rings. The molecule has 0 bridgehead atoms. The second kappa shape index (κ2) is 8.09. The molecular formula is C17H22ClFN6O. The van der Waals surface area contributed by atoms with E-state index in [1.54, 1.807) is 12.1 Å². The molecule has 1 saturated heterocycles. The van der Waals surface area contributed by atoms with E-state index < -0.39 is 5.82 Å². The summed E-state index contributed by atoms with van der Waals surface area (Å²) in [5.41, 5.74) is 0.827. The van der Waals surface area contributed by atoms with E-state index in [0.29, 0.717) is 29.8 Å². The molecule has 1 atom stereocenters. The molecule has 1 aliphatic carbocycles. The monoisotopic (exact) mass is 380 g/mol. The number of amides is 1. The first-order valence-electron chi connectivity index (χ1n) is 8.79. The Balaban J connectivity index is 0.00000196. The standard InChI is InChI=1S/C17H21FN6O.ClH/c18-14-5-4-13(20-16(25)6-1-11-7-8-19-10-11)9-15(14)24-17(12-2-3-12)21-22-23-24;/h4-5,9,11-12,19H,1-3,6-8,10H2,(H,20,25);1H. The van der Waals surface area contributed by atoms with Crippen molar-refractivity contribution >= 4 is 24.0 Å². The van der Waals surface area contributed by atoms with Crippen molar-refractivity contribution in [3.8, 4) is 5.69 Å². The molecule has 1 amide bonds. The van der Waals surface area contributed by atoms with Gasteiger partial charge in [0, 0.05) is 18.0 Å². The molecular weight excluding hydrogens is 359 g/mol. The topological polar surface area (TPSA) is 84.7 Å². The van der Waals surface area contributed by atoms with E-state index in [0.717, 1.165) is 38.8 Å². The molecule has 1 aromatic carbocycles. The van der Waals surface area contributed by atoms with Crippen LogP contribution in [0, 0.1) is 11.7 Å². The molecule has 0 radical (unpaired) electrons.